The average Bonchev–Trinajstić information content (AvgIpc) is 2.29. The zero-order valence-electron chi connectivity index (χ0n) is 9.23. The van der Waals surface area contributed by atoms with Crippen LogP contribution < -0.4 is 0 Å². The van der Waals surface area contributed by atoms with Gasteiger partial charge in [-0.15, -0.1) is 0 Å². The second-order valence-electron chi connectivity index (χ2n) is 4.00. The molecule has 0 aromatic rings. The predicted octanol–water partition coefficient (Wildman–Crippen LogP) is 1.05. The Morgan fingerprint density at radius 3 is 2.87 bits per heavy atom. The first-order chi connectivity index (χ1) is 7.33. The van der Waals surface area contributed by atoms with E-state index in [1.54, 1.807) is 0 Å². The van der Waals surface area contributed by atoms with E-state index in [4.69, 9.17) is 19.7 Å². The molecule has 2 atom stereocenters. The summed E-state index contributed by atoms with van der Waals surface area (Å²) in [5.41, 5.74) is 0. The van der Waals surface area contributed by atoms with Gasteiger partial charge in [-0.05, 0) is 38.5 Å². The molecular weight excluding hydrogens is 196 g/mol. The largest absolute Gasteiger partial charge is 0.394 e. The lowest BCUT2D eigenvalue weighted by atomic mass is 10.1. The maximum Gasteiger partial charge on any atom is 0.157 e. The fourth-order valence-electron chi connectivity index (χ4n) is 1.63. The maximum absolute atomic E-state index is 9.09. The Morgan fingerprint density at radius 1 is 1.33 bits per heavy atom. The Hall–Kier alpha value is -0.160. The third-order valence-electron chi connectivity index (χ3n) is 2.58. The van der Waals surface area contributed by atoms with Gasteiger partial charge in [0.25, 0.3) is 0 Å². The van der Waals surface area contributed by atoms with Crippen LogP contribution in [0.25, 0.3) is 0 Å². The van der Waals surface area contributed by atoms with Crippen LogP contribution in [0.1, 0.15) is 38.5 Å². The standard InChI is InChI=1S/C11H22O4/c12-9-10(13)5-1-3-7-14-11-6-2-4-8-15-11/h10-13H,1-9H2. The van der Waals surface area contributed by atoms with Crippen molar-refractivity contribution in [2.24, 2.45) is 0 Å². The molecule has 0 bridgehead atoms. The van der Waals surface area contributed by atoms with E-state index in [0.717, 1.165) is 32.3 Å². The van der Waals surface area contributed by atoms with Crippen LogP contribution in [-0.4, -0.2) is 42.4 Å². The number of rotatable bonds is 7. The molecule has 0 spiro atoms. The summed E-state index contributed by atoms with van der Waals surface area (Å²) in [6.45, 7) is 1.35. The molecule has 15 heavy (non-hydrogen) atoms. The number of unbranched alkanes of at least 4 members (excludes halogenated alkanes) is 1. The predicted molar refractivity (Wildman–Crippen MR) is 56.5 cm³/mol. The molecule has 0 aliphatic carbocycles. The van der Waals surface area contributed by atoms with Crippen LogP contribution in [0.3, 0.4) is 0 Å². The summed E-state index contributed by atoms with van der Waals surface area (Å²) >= 11 is 0. The van der Waals surface area contributed by atoms with Crippen molar-refractivity contribution in [2.75, 3.05) is 19.8 Å². The summed E-state index contributed by atoms with van der Waals surface area (Å²) in [5.74, 6) is 0. The molecule has 1 rings (SSSR count). The monoisotopic (exact) mass is 218 g/mol. The molecule has 2 unspecified atom stereocenters. The number of ether oxygens (including phenoxy) is 2. The second kappa shape index (κ2) is 8.05. The van der Waals surface area contributed by atoms with E-state index in [-0.39, 0.29) is 12.9 Å². The highest BCUT2D eigenvalue weighted by atomic mass is 16.7. The van der Waals surface area contributed by atoms with Gasteiger partial charge >= 0.3 is 0 Å². The van der Waals surface area contributed by atoms with E-state index in [1.807, 2.05) is 0 Å². The van der Waals surface area contributed by atoms with Gasteiger partial charge in [0.2, 0.25) is 0 Å². The minimum Gasteiger partial charge on any atom is -0.394 e. The van der Waals surface area contributed by atoms with E-state index in [2.05, 4.69) is 0 Å². The number of aliphatic hydroxyl groups excluding tert-OH is 2. The van der Waals surface area contributed by atoms with Gasteiger partial charge in [0.1, 0.15) is 0 Å². The fourth-order valence-corrected chi connectivity index (χ4v) is 1.63. The normalized spacial score (nSPS) is 24.0. The van der Waals surface area contributed by atoms with Gasteiger partial charge in [0.15, 0.2) is 6.29 Å². The van der Waals surface area contributed by atoms with Gasteiger partial charge in [-0.2, -0.15) is 0 Å². The topological polar surface area (TPSA) is 58.9 Å². The van der Waals surface area contributed by atoms with Gasteiger partial charge in [0.05, 0.1) is 12.7 Å². The Balaban J connectivity index is 1.87. The molecule has 0 aromatic carbocycles. The van der Waals surface area contributed by atoms with Crippen LogP contribution in [0.2, 0.25) is 0 Å². The van der Waals surface area contributed by atoms with Crippen LogP contribution in [-0.2, 0) is 9.47 Å². The van der Waals surface area contributed by atoms with Crippen molar-refractivity contribution in [1.82, 2.24) is 0 Å². The van der Waals surface area contributed by atoms with E-state index >= 15 is 0 Å². The lowest BCUT2D eigenvalue weighted by molar-refractivity contribution is -0.162. The van der Waals surface area contributed by atoms with Gasteiger partial charge in [-0.25, -0.2) is 0 Å². The Kier molecular flexibility index (Phi) is 6.92. The summed E-state index contributed by atoms with van der Waals surface area (Å²) < 4.78 is 10.9. The number of hydrogen-bond donors (Lipinski definition) is 2. The molecule has 0 saturated carbocycles. The molecule has 1 aliphatic heterocycles. The van der Waals surface area contributed by atoms with E-state index < -0.39 is 6.10 Å². The first kappa shape index (κ1) is 12.9. The Morgan fingerprint density at radius 2 is 2.20 bits per heavy atom. The van der Waals surface area contributed by atoms with E-state index in [9.17, 15) is 0 Å². The molecule has 0 radical (unpaired) electrons. The van der Waals surface area contributed by atoms with Crippen LogP contribution in [0.4, 0.5) is 0 Å². The summed E-state index contributed by atoms with van der Waals surface area (Å²) in [7, 11) is 0. The lowest BCUT2D eigenvalue weighted by Crippen LogP contribution is -2.22. The minimum absolute atomic E-state index is 0.0125. The molecule has 1 aliphatic rings. The van der Waals surface area contributed by atoms with Gasteiger partial charge in [0, 0.05) is 13.2 Å². The van der Waals surface area contributed by atoms with E-state index in [1.165, 1.54) is 6.42 Å². The lowest BCUT2D eigenvalue weighted by Gasteiger charge is -2.22. The van der Waals surface area contributed by atoms with Crippen LogP contribution in [0.15, 0.2) is 0 Å². The molecule has 90 valence electrons. The van der Waals surface area contributed by atoms with Gasteiger partial charge in [-0.1, -0.05) is 0 Å². The third-order valence-corrected chi connectivity index (χ3v) is 2.58. The highest BCUT2D eigenvalue weighted by Crippen LogP contribution is 2.14. The quantitative estimate of drug-likeness (QED) is 0.627. The molecule has 1 heterocycles. The summed E-state index contributed by atoms with van der Waals surface area (Å²) in [6, 6.07) is 0. The molecule has 4 heteroatoms. The fraction of sp³-hybridized carbons (Fsp3) is 1.00. The van der Waals surface area contributed by atoms with E-state index in [0.29, 0.717) is 13.0 Å². The number of aliphatic hydroxyl groups is 2. The van der Waals surface area contributed by atoms with Crippen molar-refractivity contribution in [2.45, 2.75) is 50.9 Å². The summed E-state index contributed by atoms with van der Waals surface area (Å²) in [5, 5.41) is 17.7. The van der Waals surface area contributed by atoms with Crippen molar-refractivity contribution in [1.29, 1.82) is 0 Å². The Bertz CT molecular complexity index is 146. The van der Waals surface area contributed by atoms with Crippen molar-refractivity contribution < 1.29 is 19.7 Å². The molecule has 4 nitrogen and oxygen atoms in total. The molecule has 1 fully saturated rings. The molecule has 2 N–H and O–H groups in total. The highest BCUT2D eigenvalue weighted by Gasteiger charge is 2.13. The summed E-state index contributed by atoms with van der Waals surface area (Å²) in [4.78, 5) is 0. The summed E-state index contributed by atoms with van der Waals surface area (Å²) in [6.07, 6.45) is 5.18. The van der Waals surface area contributed by atoms with Crippen molar-refractivity contribution in [3.63, 3.8) is 0 Å². The SMILES string of the molecule is OCC(O)CCCCOC1CCCCO1. The first-order valence-corrected chi connectivity index (χ1v) is 5.85. The van der Waals surface area contributed by atoms with Crippen LogP contribution in [0.5, 0.6) is 0 Å². The minimum atomic E-state index is -0.573. The average molecular weight is 218 g/mol. The molecule has 1 saturated heterocycles. The zero-order chi connectivity index (χ0) is 10.9. The van der Waals surface area contributed by atoms with Crippen molar-refractivity contribution >= 4 is 0 Å². The first-order valence-electron chi connectivity index (χ1n) is 5.85. The second-order valence-corrected chi connectivity index (χ2v) is 4.00. The molecule has 0 amide bonds. The molecular formula is C11H22O4. The smallest absolute Gasteiger partial charge is 0.157 e. The van der Waals surface area contributed by atoms with Crippen molar-refractivity contribution in [3.8, 4) is 0 Å². The highest BCUT2D eigenvalue weighted by molar-refractivity contribution is 4.55. The number of hydrogen-bond acceptors (Lipinski definition) is 4. The molecule has 0 aromatic heterocycles. The Labute approximate surface area is 91.2 Å². The van der Waals surface area contributed by atoms with Crippen LogP contribution >= 0.6 is 0 Å². The zero-order valence-corrected chi connectivity index (χ0v) is 9.23. The maximum atomic E-state index is 9.09. The van der Waals surface area contributed by atoms with Gasteiger partial charge < -0.3 is 19.7 Å². The van der Waals surface area contributed by atoms with Gasteiger partial charge in [-0.3, -0.25) is 0 Å². The third kappa shape index (κ3) is 6.10. The van der Waals surface area contributed by atoms with Crippen LogP contribution in [0, 0.1) is 0 Å². The van der Waals surface area contributed by atoms with Crippen molar-refractivity contribution in [3.05, 3.63) is 0 Å².